The minimum atomic E-state index is -1.15. The first-order chi connectivity index (χ1) is 23.0. The lowest BCUT2D eigenvalue weighted by Gasteiger charge is -2.36. The van der Waals surface area contributed by atoms with Crippen molar-refractivity contribution in [2.24, 2.45) is 0 Å². The van der Waals surface area contributed by atoms with Crippen molar-refractivity contribution in [1.82, 2.24) is 39.5 Å². The highest BCUT2D eigenvalue weighted by atomic mass is 35.5. The first-order valence-corrected chi connectivity index (χ1v) is 16.0. The molecule has 0 unspecified atom stereocenters. The number of halogens is 1. The summed E-state index contributed by atoms with van der Waals surface area (Å²) in [6.45, 7) is 6.83. The number of anilines is 2. The van der Waals surface area contributed by atoms with E-state index in [9.17, 15) is 4.79 Å². The largest absolute Gasteiger partial charge is 0.489 e. The summed E-state index contributed by atoms with van der Waals surface area (Å²) in [5.74, 6) is 0.396. The van der Waals surface area contributed by atoms with Crippen LogP contribution in [0.3, 0.4) is 0 Å². The first kappa shape index (κ1) is 30.8. The summed E-state index contributed by atoms with van der Waals surface area (Å²) in [6, 6.07) is 19.4. The molecule has 0 radical (unpaired) electrons. The molecule has 5 aromatic rings. The fourth-order valence-electron chi connectivity index (χ4n) is 5.92. The summed E-state index contributed by atoms with van der Waals surface area (Å²) in [6.07, 6.45) is 5.35. The number of nitrogens with zero attached hydrogens (tertiary/aromatic N) is 10. The SMILES string of the molecule is CCCn1ncn(-c2ccc(N3CCN(c4ccc(OC[C@@H]5CO[C@@](Cn6cnnn6)(c6ccccc6Cl)O5)cn4)CC3)cc2)c1=O. The molecule has 0 saturated carbocycles. The van der Waals surface area contributed by atoms with Crippen LogP contribution in [0.2, 0.25) is 5.02 Å². The fourth-order valence-corrected chi connectivity index (χ4v) is 6.20. The number of pyridine rings is 1. The molecule has 47 heavy (non-hydrogen) atoms. The van der Waals surface area contributed by atoms with E-state index in [1.165, 1.54) is 11.0 Å². The number of ether oxygens (including phenoxy) is 3. The lowest BCUT2D eigenvalue weighted by molar-refractivity contribution is -0.190. The molecule has 2 aromatic carbocycles. The van der Waals surface area contributed by atoms with Crippen molar-refractivity contribution in [3.8, 4) is 11.4 Å². The maximum atomic E-state index is 12.6. The molecule has 244 valence electrons. The zero-order chi connectivity index (χ0) is 32.2. The Kier molecular flexibility index (Phi) is 8.87. The van der Waals surface area contributed by atoms with Gasteiger partial charge in [-0.05, 0) is 59.3 Å². The molecule has 15 heteroatoms. The van der Waals surface area contributed by atoms with E-state index in [1.54, 1.807) is 27.8 Å². The van der Waals surface area contributed by atoms with E-state index < -0.39 is 5.79 Å². The summed E-state index contributed by atoms with van der Waals surface area (Å²) >= 11 is 6.53. The van der Waals surface area contributed by atoms with Gasteiger partial charge in [0.15, 0.2) is 0 Å². The van der Waals surface area contributed by atoms with Crippen LogP contribution in [0, 0.1) is 0 Å². The van der Waals surface area contributed by atoms with Crippen molar-refractivity contribution < 1.29 is 14.2 Å². The number of aryl methyl sites for hydroxylation is 1. The Hall–Kier alpha value is -4.79. The number of rotatable bonds is 11. The third-order valence-electron chi connectivity index (χ3n) is 8.33. The molecule has 0 N–H and O–H groups in total. The van der Waals surface area contributed by atoms with Crippen LogP contribution in [0.25, 0.3) is 5.69 Å². The number of piperazine rings is 1. The molecule has 2 atom stereocenters. The van der Waals surface area contributed by atoms with Crippen LogP contribution in [0.1, 0.15) is 18.9 Å². The van der Waals surface area contributed by atoms with Gasteiger partial charge >= 0.3 is 5.69 Å². The molecule has 7 rings (SSSR count). The van der Waals surface area contributed by atoms with E-state index in [0.717, 1.165) is 49.8 Å². The van der Waals surface area contributed by atoms with Gasteiger partial charge in [0.2, 0.25) is 5.79 Å². The summed E-state index contributed by atoms with van der Waals surface area (Å²) < 4.78 is 23.3. The minimum absolute atomic E-state index is 0.120. The minimum Gasteiger partial charge on any atom is -0.489 e. The smallest absolute Gasteiger partial charge is 0.350 e. The Morgan fingerprint density at radius 2 is 1.77 bits per heavy atom. The predicted molar refractivity (Wildman–Crippen MR) is 174 cm³/mol. The average Bonchev–Trinajstić information content (AvgIpc) is 3.86. The molecule has 3 aromatic heterocycles. The summed E-state index contributed by atoms with van der Waals surface area (Å²) in [4.78, 5) is 21.9. The van der Waals surface area contributed by atoms with Crippen LogP contribution < -0.4 is 20.2 Å². The van der Waals surface area contributed by atoms with Crippen molar-refractivity contribution >= 4 is 23.1 Å². The molecule has 0 bridgehead atoms. The van der Waals surface area contributed by atoms with Gasteiger partial charge in [-0.2, -0.15) is 5.10 Å². The van der Waals surface area contributed by atoms with Gasteiger partial charge in [-0.1, -0.05) is 36.7 Å². The molecule has 2 saturated heterocycles. The highest BCUT2D eigenvalue weighted by Crippen LogP contribution is 2.39. The highest BCUT2D eigenvalue weighted by Gasteiger charge is 2.45. The van der Waals surface area contributed by atoms with Crippen LogP contribution in [0.15, 0.2) is 84.3 Å². The van der Waals surface area contributed by atoms with Crippen LogP contribution in [-0.2, 0) is 28.4 Å². The Balaban J connectivity index is 0.921. The maximum absolute atomic E-state index is 12.6. The van der Waals surface area contributed by atoms with Gasteiger partial charge in [0, 0.05) is 49.0 Å². The standard InChI is InChI=1S/C32H35ClN10O4/c1-2-13-43-31(44)42(23-36-43)25-9-7-24(8-10-25)39-14-16-40(17-15-39)30-12-11-26(18-34-30)45-19-27-20-46-32(47-27,21-41-22-35-37-38-41)28-5-3-4-6-29(28)33/h3-12,18,22-23,27H,2,13-17,19-21H2,1H3/t27-,32-/m1/s1. The number of hydrogen-bond acceptors (Lipinski definition) is 11. The van der Waals surface area contributed by atoms with Crippen molar-refractivity contribution in [1.29, 1.82) is 0 Å². The van der Waals surface area contributed by atoms with E-state index in [2.05, 4.69) is 47.5 Å². The van der Waals surface area contributed by atoms with Gasteiger partial charge in [0.05, 0.1) is 18.5 Å². The third-order valence-corrected chi connectivity index (χ3v) is 8.66. The molecule has 0 spiro atoms. The van der Waals surface area contributed by atoms with Crippen LogP contribution in [-0.4, -0.2) is 85.0 Å². The maximum Gasteiger partial charge on any atom is 0.350 e. The van der Waals surface area contributed by atoms with Gasteiger partial charge in [0.1, 0.15) is 43.5 Å². The summed E-state index contributed by atoms with van der Waals surface area (Å²) in [7, 11) is 0. The Bertz CT molecular complexity index is 1820. The molecule has 2 fully saturated rings. The number of tetrazole rings is 1. The number of aromatic nitrogens is 8. The van der Waals surface area contributed by atoms with Crippen molar-refractivity contribution in [3.05, 3.63) is 101 Å². The number of hydrogen-bond donors (Lipinski definition) is 0. The Labute approximate surface area is 276 Å². The molecule has 0 aliphatic carbocycles. The second-order valence-corrected chi connectivity index (χ2v) is 11.9. The van der Waals surface area contributed by atoms with Gasteiger partial charge in [-0.3, -0.25) is 0 Å². The van der Waals surface area contributed by atoms with Crippen LogP contribution in [0.4, 0.5) is 11.5 Å². The molecular weight excluding hydrogens is 624 g/mol. The third kappa shape index (κ3) is 6.57. The Morgan fingerprint density at radius 3 is 2.49 bits per heavy atom. The second-order valence-electron chi connectivity index (χ2n) is 11.5. The van der Waals surface area contributed by atoms with E-state index >= 15 is 0 Å². The Morgan fingerprint density at radius 1 is 0.979 bits per heavy atom. The average molecular weight is 659 g/mol. The van der Waals surface area contributed by atoms with Crippen molar-refractivity contribution in [2.45, 2.75) is 38.3 Å². The molecule has 14 nitrogen and oxygen atoms in total. The van der Waals surface area contributed by atoms with Gasteiger partial charge < -0.3 is 24.0 Å². The van der Waals surface area contributed by atoms with E-state index in [1.807, 2.05) is 49.4 Å². The second kappa shape index (κ2) is 13.5. The quantitative estimate of drug-likeness (QED) is 0.207. The molecule has 5 heterocycles. The lowest BCUT2D eigenvalue weighted by Crippen LogP contribution is -2.46. The molecule has 0 amide bonds. The summed E-state index contributed by atoms with van der Waals surface area (Å²) in [5.41, 5.74) is 2.51. The van der Waals surface area contributed by atoms with Crippen molar-refractivity contribution in [3.63, 3.8) is 0 Å². The lowest BCUT2D eigenvalue weighted by atomic mass is 10.1. The fraction of sp³-hybridized carbons (Fsp3) is 0.375. The van der Waals surface area contributed by atoms with E-state index in [-0.39, 0.29) is 24.9 Å². The number of benzene rings is 2. The monoisotopic (exact) mass is 658 g/mol. The highest BCUT2D eigenvalue weighted by molar-refractivity contribution is 6.31. The predicted octanol–water partition coefficient (Wildman–Crippen LogP) is 3.15. The molecular formula is C32H35ClN10O4. The van der Waals surface area contributed by atoms with Gasteiger partial charge in [-0.15, -0.1) is 5.10 Å². The van der Waals surface area contributed by atoms with Crippen molar-refractivity contribution in [2.75, 3.05) is 49.2 Å². The normalized spacial score (nSPS) is 19.7. The van der Waals surface area contributed by atoms with Gasteiger partial charge in [-0.25, -0.2) is 23.7 Å². The molecule has 2 aliphatic heterocycles. The van der Waals surface area contributed by atoms with Gasteiger partial charge in [0.25, 0.3) is 0 Å². The zero-order valence-electron chi connectivity index (χ0n) is 25.9. The first-order valence-electron chi connectivity index (χ1n) is 15.6. The van der Waals surface area contributed by atoms with Crippen LogP contribution >= 0.6 is 11.6 Å². The van der Waals surface area contributed by atoms with E-state index in [4.69, 9.17) is 25.8 Å². The zero-order valence-corrected chi connectivity index (χ0v) is 26.7. The molecule has 2 aliphatic rings. The van der Waals surface area contributed by atoms with E-state index in [0.29, 0.717) is 29.5 Å². The van der Waals surface area contributed by atoms with Crippen LogP contribution in [0.5, 0.6) is 5.75 Å². The topological polar surface area (TPSA) is 130 Å². The summed E-state index contributed by atoms with van der Waals surface area (Å²) in [5, 5.41) is 16.2.